The monoisotopic (exact) mass is 375 g/mol. The molecular formula is C19H22ClN3O3. The van der Waals surface area contributed by atoms with E-state index in [1.165, 1.54) is 11.3 Å². The van der Waals surface area contributed by atoms with E-state index in [0.717, 1.165) is 25.7 Å². The lowest BCUT2D eigenvalue weighted by atomic mass is 9.96. The molecule has 0 spiro atoms. The Morgan fingerprint density at radius 2 is 1.85 bits per heavy atom. The zero-order valence-electron chi connectivity index (χ0n) is 14.5. The Labute approximate surface area is 157 Å². The highest BCUT2D eigenvalue weighted by Gasteiger charge is 2.44. The second-order valence-corrected chi connectivity index (χ2v) is 7.72. The van der Waals surface area contributed by atoms with E-state index in [0.29, 0.717) is 30.1 Å². The third kappa shape index (κ3) is 2.96. The Morgan fingerprint density at radius 3 is 2.58 bits per heavy atom. The molecule has 2 aliphatic heterocycles. The van der Waals surface area contributed by atoms with Crippen molar-refractivity contribution in [2.45, 2.75) is 50.6 Å². The molecule has 1 N–H and O–H groups in total. The molecule has 3 aliphatic rings. The minimum atomic E-state index is -0.352. The van der Waals surface area contributed by atoms with Crippen molar-refractivity contribution >= 4 is 29.4 Å². The number of imide groups is 1. The number of nitrogens with zero attached hydrogens (tertiary/aromatic N) is 2. The molecule has 26 heavy (non-hydrogen) atoms. The summed E-state index contributed by atoms with van der Waals surface area (Å²) in [7, 11) is 0. The molecular weight excluding hydrogens is 354 g/mol. The summed E-state index contributed by atoms with van der Waals surface area (Å²) in [5.41, 5.74) is 0.636. The fraction of sp³-hybridized carbons (Fsp3) is 0.526. The number of hydrogen-bond donors (Lipinski definition) is 1. The lowest BCUT2D eigenvalue weighted by molar-refractivity contribution is 0.0589. The van der Waals surface area contributed by atoms with Crippen LogP contribution in [0.4, 0.5) is 4.79 Å². The number of likely N-dealkylation sites (tertiary alicyclic amines) is 1. The van der Waals surface area contributed by atoms with Gasteiger partial charge >= 0.3 is 6.03 Å². The molecule has 0 aromatic heterocycles. The van der Waals surface area contributed by atoms with Gasteiger partial charge in [-0.15, -0.1) is 0 Å². The predicted octanol–water partition coefficient (Wildman–Crippen LogP) is 3.05. The van der Waals surface area contributed by atoms with Gasteiger partial charge in [-0.2, -0.15) is 0 Å². The van der Waals surface area contributed by atoms with Crippen LogP contribution in [0, 0.1) is 0 Å². The highest BCUT2D eigenvalue weighted by atomic mass is 35.5. The normalized spacial score (nSPS) is 23.5. The first-order valence-electron chi connectivity index (χ1n) is 9.28. The van der Waals surface area contributed by atoms with Crippen molar-refractivity contribution in [1.29, 1.82) is 0 Å². The molecule has 7 heteroatoms. The van der Waals surface area contributed by atoms with Crippen LogP contribution in [0.25, 0.3) is 0 Å². The number of hydrogen-bond acceptors (Lipinski definition) is 3. The number of fused-ring (bicyclic) bond motifs is 1. The molecule has 2 fully saturated rings. The summed E-state index contributed by atoms with van der Waals surface area (Å²) in [5.74, 6) is -0.665. The van der Waals surface area contributed by atoms with Gasteiger partial charge in [-0.05, 0) is 31.4 Å². The Bertz CT molecular complexity index is 760. The molecule has 1 aromatic rings. The van der Waals surface area contributed by atoms with Crippen LogP contribution in [0.2, 0.25) is 5.02 Å². The predicted molar refractivity (Wildman–Crippen MR) is 97.3 cm³/mol. The molecule has 1 aliphatic carbocycles. The first kappa shape index (κ1) is 17.3. The molecule has 1 aromatic carbocycles. The van der Waals surface area contributed by atoms with Crippen LogP contribution in [0.15, 0.2) is 18.2 Å². The quantitative estimate of drug-likeness (QED) is 0.807. The maximum atomic E-state index is 12.7. The van der Waals surface area contributed by atoms with Crippen LogP contribution in [0.3, 0.4) is 0 Å². The van der Waals surface area contributed by atoms with Gasteiger partial charge in [-0.25, -0.2) is 4.79 Å². The van der Waals surface area contributed by atoms with Gasteiger partial charge in [0.1, 0.15) is 0 Å². The van der Waals surface area contributed by atoms with Gasteiger partial charge in [0.05, 0.1) is 22.2 Å². The Morgan fingerprint density at radius 1 is 1.08 bits per heavy atom. The van der Waals surface area contributed by atoms with Crippen LogP contribution in [-0.2, 0) is 0 Å². The number of carbonyl (C=O) groups excluding carboxylic acids is 3. The molecule has 0 bridgehead atoms. The second kappa shape index (κ2) is 6.91. The Hall–Kier alpha value is -2.08. The van der Waals surface area contributed by atoms with Crippen molar-refractivity contribution in [3.05, 3.63) is 34.3 Å². The topological polar surface area (TPSA) is 69.7 Å². The van der Waals surface area contributed by atoms with E-state index in [1.807, 2.05) is 0 Å². The molecule has 1 saturated heterocycles. The number of carbonyl (C=O) groups is 3. The average molecular weight is 376 g/mol. The fourth-order valence-corrected chi connectivity index (χ4v) is 4.50. The molecule has 4 rings (SSSR count). The van der Waals surface area contributed by atoms with E-state index in [4.69, 9.17) is 11.6 Å². The summed E-state index contributed by atoms with van der Waals surface area (Å²) in [4.78, 5) is 40.9. The summed E-state index contributed by atoms with van der Waals surface area (Å²) >= 11 is 6.12. The smallest absolute Gasteiger partial charge is 0.317 e. The average Bonchev–Trinajstić information content (AvgIpc) is 3.20. The maximum Gasteiger partial charge on any atom is 0.317 e. The fourth-order valence-electron chi connectivity index (χ4n) is 4.24. The number of benzene rings is 1. The summed E-state index contributed by atoms with van der Waals surface area (Å²) in [6, 6.07) is 4.78. The van der Waals surface area contributed by atoms with Gasteiger partial charge in [0, 0.05) is 19.1 Å². The Balaban J connectivity index is 1.43. The van der Waals surface area contributed by atoms with Crippen LogP contribution < -0.4 is 5.32 Å². The van der Waals surface area contributed by atoms with E-state index < -0.39 is 0 Å². The van der Waals surface area contributed by atoms with Crippen LogP contribution in [0.5, 0.6) is 0 Å². The van der Waals surface area contributed by atoms with Gasteiger partial charge in [0.25, 0.3) is 11.8 Å². The highest BCUT2D eigenvalue weighted by molar-refractivity contribution is 6.37. The summed E-state index contributed by atoms with van der Waals surface area (Å²) in [5, 5.41) is 3.40. The van der Waals surface area contributed by atoms with Crippen molar-refractivity contribution < 1.29 is 14.4 Å². The minimum absolute atomic E-state index is 0.0889. The lowest BCUT2D eigenvalue weighted by Gasteiger charge is -2.27. The maximum absolute atomic E-state index is 12.7. The minimum Gasteiger partial charge on any atom is -0.335 e. The van der Waals surface area contributed by atoms with Crippen molar-refractivity contribution in [2.75, 3.05) is 13.1 Å². The molecule has 1 saturated carbocycles. The van der Waals surface area contributed by atoms with E-state index in [-0.39, 0.29) is 35.5 Å². The van der Waals surface area contributed by atoms with Crippen LogP contribution in [0.1, 0.15) is 59.2 Å². The number of urea groups is 1. The first-order valence-corrected chi connectivity index (χ1v) is 9.66. The van der Waals surface area contributed by atoms with Crippen molar-refractivity contribution in [3.63, 3.8) is 0 Å². The molecule has 138 valence electrons. The van der Waals surface area contributed by atoms with Crippen LogP contribution >= 0.6 is 11.6 Å². The van der Waals surface area contributed by atoms with Gasteiger partial charge in [0.2, 0.25) is 0 Å². The first-order chi connectivity index (χ1) is 12.6. The SMILES string of the molecule is O=C(NC1CCCCC1)N1CCC(N2C(=O)c3cccc(Cl)c3C2=O)C1. The summed E-state index contributed by atoms with van der Waals surface area (Å²) in [6.45, 7) is 0.923. The van der Waals surface area contributed by atoms with Crippen LogP contribution in [-0.4, -0.2) is 52.8 Å². The molecule has 4 amide bonds. The molecule has 1 atom stereocenters. The number of amides is 4. The van der Waals surface area contributed by atoms with Gasteiger partial charge in [-0.1, -0.05) is 36.9 Å². The van der Waals surface area contributed by atoms with E-state index >= 15 is 0 Å². The second-order valence-electron chi connectivity index (χ2n) is 7.32. The summed E-state index contributed by atoms with van der Waals surface area (Å²) < 4.78 is 0. The van der Waals surface area contributed by atoms with Crippen molar-refractivity contribution in [2.24, 2.45) is 0 Å². The lowest BCUT2D eigenvalue weighted by Crippen LogP contribution is -2.47. The molecule has 6 nitrogen and oxygen atoms in total. The van der Waals surface area contributed by atoms with Gasteiger partial charge in [-0.3, -0.25) is 14.5 Å². The standard InChI is InChI=1S/C19H22ClN3O3/c20-15-8-4-7-14-16(15)18(25)23(17(14)24)13-9-10-22(11-13)19(26)21-12-5-2-1-3-6-12/h4,7-8,12-13H,1-3,5-6,9-11H2,(H,21,26). The number of rotatable bonds is 2. The third-order valence-corrected chi connectivity index (χ3v) is 5.96. The largest absolute Gasteiger partial charge is 0.335 e. The van der Waals surface area contributed by atoms with Crippen molar-refractivity contribution in [3.8, 4) is 0 Å². The Kier molecular flexibility index (Phi) is 4.61. The van der Waals surface area contributed by atoms with Crippen molar-refractivity contribution in [1.82, 2.24) is 15.1 Å². The highest BCUT2D eigenvalue weighted by Crippen LogP contribution is 2.32. The van der Waals surface area contributed by atoms with E-state index in [9.17, 15) is 14.4 Å². The molecule has 2 heterocycles. The van der Waals surface area contributed by atoms with E-state index in [2.05, 4.69) is 5.32 Å². The van der Waals surface area contributed by atoms with E-state index in [1.54, 1.807) is 23.1 Å². The number of halogens is 1. The molecule has 0 radical (unpaired) electrons. The molecule has 1 unspecified atom stereocenters. The third-order valence-electron chi connectivity index (χ3n) is 5.64. The summed E-state index contributed by atoms with van der Waals surface area (Å²) in [6.07, 6.45) is 6.20. The number of nitrogens with one attached hydrogen (secondary N) is 1. The zero-order chi connectivity index (χ0) is 18.3. The van der Waals surface area contributed by atoms with Gasteiger partial charge < -0.3 is 10.2 Å². The zero-order valence-corrected chi connectivity index (χ0v) is 15.3. The van der Waals surface area contributed by atoms with Gasteiger partial charge in [0.15, 0.2) is 0 Å².